The van der Waals surface area contributed by atoms with Crippen molar-refractivity contribution in [2.45, 2.75) is 12.8 Å². The van der Waals surface area contributed by atoms with Crippen LogP contribution in [-0.4, -0.2) is 33.8 Å². The van der Waals surface area contributed by atoms with Crippen molar-refractivity contribution < 1.29 is 27.8 Å². The van der Waals surface area contributed by atoms with Crippen LogP contribution >= 0.6 is 0 Å². The standard InChI is InChI=1S/C8H7F3N2O4/c9-8(10,11)3-17-2-5-12-1-4(7(15)16)6(14)13-5/h1H,2-3H2,(H,15,16)(H,12,13,14). The van der Waals surface area contributed by atoms with E-state index in [1.807, 2.05) is 4.98 Å². The first kappa shape index (κ1) is 13.2. The van der Waals surface area contributed by atoms with Gasteiger partial charge in [-0.15, -0.1) is 0 Å². The van der Waals surface area contributed by atoms with Gasteiger partial charge in [-0.05, 0) is 0 Å². The van der Waals surface area contributed by atoms with Crippen molar-refractivity contribution in [1.29, 1.82) is 0 Å². The fourth-order valence-electron chi connectivity index (χ4n) is 0.921. The summed E-state index contributed by atoms with van der Waals surface area (Å²) in [6.45, 7) is -2.04. The highest BCUT2D eigenvalue weighted by atomic mass is 19.4. The lowest BCUT2D eigenvalue weighted by Gasteiger charge is -2.06. The zero-order valence-corrected chi connectivity index (χ0v) is 8.24. The molecule has 1 aromatic rings. The average Bonchev–Trinajstić information content (AvgIpc) is 2.15. The number of hydrogen-bond acceptors (Lipinski definition) is 4. The number of hydrogen-bond donors (Lipinski definition) is 2. The Balaban J connectivity index is 2.66. The molecule has 0 saturated carbocycles. The van der Waals surface area contributed by atoms with E-state index >= 15 is 0 Å². The van der Waals surface area contributed by atoms with Crippen LogP contribution in [0.1, 0.15) is 16.2 Å². The van der Waals surface area contributed by atoms with Crippen LogP contribution in [0.15, 0.2) is 11.0 Å². The Hall–Kier alpha value is -1.90. The average molecular weight is 252 g/mol. The summed E-state index contributed by atoms with van der Waals surface area (Å²) in [6.07, 6.45) is -3.71. The number of aromatic carboxylic acids is 1. The van der Waals surface area contributed by atoms with E-state index in [0.717, 1.165) is 6.20 Å². The highest BCUT2D eigenvalue weighted by molar-refractivity contribution is 5.86. The minimum absolute atomic E-state index is 0.177. The molecule has 9 heteroatoms. The maximum absolute atomic E-state index is 11.7. The van der Waals surface area contributed by atoms with Crippen LogP contribution in [0, 0.1) is 0 Å². The number of carboxylic acids is 1. The van der Waals surface area contributed by atoms with Gasteiger partial charge in [0.25, 0.3) is 5.56 Å². The Morgan fingerprint density at radius 3 is 2.65 bits per heavy atom. The zero-order chi connectivity index (χ0) is 13.1. The van der Waals surface area contributed by atoms with Gasteiger partial charge in [0, 0.05) is 6.20 Å². The third-order valence-corrected chi connectivity index (χ3v) is 1.59. The van der Waals surface area contributed by atoms with Crippen LogP contribution in [0.3, 0.4) is 0 Å². The summed E-state index contributed by atoms with van der Waals surface area (Å²) >= 11 is 0. The SMILES string of the molecule is O=C(O)c1cnc(COCC(F)(F)F)[nH]c1=O. The quantitative estimate of drug-likeness (QED) is 0.816. The molecule has 0 aliphatic heterocycles. The number of alkyl halides is 3. The van der Waals surface area contributed by atoms with Gasteiger partial charge in [0.05, 0.1) is 0 Å². The van der Waals surface area contributed by atoms with E-state index in [1.54, 1.807) is 0 Å². The summed E-state index contributed by atoms with van der Waals surface area (Å²) in [4.78, 5) is 27.0. The molecule has 1 aromatic heterocycles. The number of ether oxygens (including phenoxy) is 1. The number of nitrogens with zero attached hydrogens (tertiary/aromatic N) is 1. The Morgan fingerprint density at radius 1 is 1.53 bits per heavy atom. The van der Waals surface area contributed by atoms with Crippen molar-refractivity contribution in [3.63, 3.8) is 0 Å². The molecule has 0 aromatic carbocycles. The lowest BCUT2D eigenvalue weighted by Crippen LogP contribution is -2.22. The molecule has 0 fully saturated rings. The van der Waals surface area contributed by atoms with Gasteiger partial charge in [0.1, 0.15) is 24.6 Å². The van der Waals surface area contributed by atoms with Gasteiger partial charge >= 0.3 is 12.1 Å². The molecule has 0 aliphatic carbocycles. The van der Waals surface area contributed by atoms with Gasteiger partial charge in [-0.3, -0.25) is 4.79 Å². The van der Waals surface area contributed by atoms with Gasteiger partial charge < -0.3 is 14.8 Å². The number of H-pyrrole nitrogens is 1. The van der Waals surface area contributed by atoms with Crippen molar-refractivity contribution in [1.82, 2.24) is 9.97 Å². The predicted molar refractivity (Wildman–Crippen MR) is 47.5 cm³/mol. The molecule has 0 aliphatic rings. The van der Waals surface area contributed by atoms with Crippen LogP contribution in [0.25, 0.3) is 0 Å². The van der Waals surface area contributed by atoms with E-state index < -0.39 is 36.5 Å². The van der Waals surface area contributed by atoms with E-state index in [0.29, 0.717) is 0 Å². The van der Waals surface area contributed by atoms with E-state index in [-0.39, 0.29) is 5.82 Å². The van der Waals surface area contributed by atoms with Crippen LogP contribution < -0.4 is 5.56 Å². The number of aromatic amines is 1. The molecule has 0 saturated heterocycles. The number of nitrogens with one attached hydrogen (secondary N) is 1. The lowest BCUT2D eigenvalue weighted by atomic mass is 10.3. The molecule has 0 spiro atoms. The van der Waals surface area contributed by atoms with Crippen LogP contribution in [0.2, 0.25) is 0 Å². The minimum atomic E-state index is -4.47. The molecule has 0 bridgehead atoms. The molecule has 2 N–H and O–H groups in total. The van der Waals surface area contributed by atoms with Crippen molar-refractivity contribution in [2.75, 3.05) is 6.61 Å². The van der Waals surface area contributed by atoms with E-state index in [1.165, 1.54) is 0 Å². The molecule has 0 unspecified atom stereocenters. The topological polar surface area (TPSA) is 92.3 Å². The molecular weight excluding hydrogens is 245 g/mol. The number of halogens is 3. The van der Waals surface area contributed by atoms with Gasteiger partial charge in [0.15, 0.2) is 0 Å². The van der Waals surface area contributed by atoms with Crippen molar-refractivity contribution in [3.8, 4) is 0 Å². The second-order valence-electron chi connectivity index (χ2n) is 2.99. The molecule has 0 amide bonds. The van der Waals surface area contributed by atoms with E-state index in [2.05, 4.69) is 9.72 Å². The van der Waals surface area contributed by atoms with Crippen LogP contribution in [0.4, 0.5) is 13.2 Å². The molecule has 94 valence electrons. The van der Waals surface area contributed by atoms with Gasteiger partial charge in [-0.25, -0.2) is 9.78 Å². The van der Waals surface area contributed by atoms with Crippen molar-refractivity contribution in [3.05, 3.63) is 27.9 Å². The fraction of sp³-hybridized carbons (Fsp3) is 0.375. The fourth-order valence-corrected chi connectivity index (χ4v) is 0.921. The summed E-state index contributed by atoms with van der Waals surface area (Å²) in [7, 11) is 0. The summed E-state index contributed by atoms with van der Waals surface area (Å²) in [6, 6.07) is 0. The Morgan fingerprint density at radius 2 is 2.18 bits per heavy atom. The van der Waals surface area contributed by atoms with Gasteiger partial charge in [-0.1, -0.05) is 0 Å². The molecule has 6 nitrogen and oxygen atoms in total. The lowest BCUT2D eigenvalue weighted by molar-refractivity contribution is -0.177. The summed E-state index contributed by atoms with van der Waals surface area (Å²) < 4.78 is 39.4. The number of aromatic nitrogens is 2. The summed E-state index contributed by atoms with van der Waals surface area (Å²) in [5, 5.41) is 8.50. The predicted octanol–water partition coefficient (Wildman–Crippen LogP) is 0.547. The van der Waals surface area contributed by atoms with Gasteiger partial charge in [-0.2, -0.15) is 13.2 Å². The second-order valence-corrected chi connectivity index (χ2v) is 2.99. The smallest absolute Gasteiger partial charge is 0.411 e. The van der Waals surface area contributed by atoms with Crippen LogP contribution in [-0.2, 0) is 11.3 Å². The Kier molecular flexibility index (Phi) is 3.84. The number of rotatable bonds is 4. The molecule has 1 heterocycles. The first-order chi connectivity index (χ1) is 7.79. The normalized spacial score (nSPS) is 11.5. The molecule has 17 heavy (non-hydrogen) atoms. The van der Waals surface area contributed by atoms with Crippen molar-refractivity contribution >= 4 is 5.97 Å². The molecule has 1 rings (SSSR count). The highest BCUT2D eigenvalue weighted by Crippen LogP contribution is 2.14. The third kappa shape index (κ3) is 4.23. The monoisotopic (exact) mass is 252 g/mol. The first-order valence-corrected chi connectivity index (χ1v) is 4.25. The van der Waals surface area contributed by atoms with E-state index in [9.17, 15) is 22.8 Å². The van der Waals surface area contributed by atoms with E-state index in [4.69, 9.17) is 5.11 Å². The Labute approximate surface area is 92.1 Å². The summed E-state index contributed by atoms with van der Waals surface area (Å²) in [5.74, 6) is -1.65. The highest BCUT2D eigenvalue weighted by Gasteiger charge is 2.27. The molecule has 0 atom stereocenters. The molecule has 0 radical (unpaired) electrons. The number of carboxylic acid groups (broad SMARTS) is 1. The summed E-state index contributed by atoms with van der Waals surface area (Å²) in [5.41, 5.74) is -1.54. The Bertz CT molecular complexity index is 469. The van der Waals surface area contributed by atoms with Crippen LogP contribution in [0.5, 0.6) is 0 Å². The minimum Gasteiger partial charge on any atom is -0.477 e. The zero-order valence-electron chi connectivity index (χ0n) is 8.24. The maximum atomic E-state index is 11.7. The van der Waals surface area contributed by atoms with Gasteiger partial charge in [0.2, 0.25) is 0 Å². The number of carbonyl (C=O) groups is 1. The van der Waals surface area contributed by atoms with Crippen molar-refractivity contribution in [2.24, 2.45) is 0 Å². The maximum Gasteiger partial charge on any atom is 0.411 e. The second kappa shape index (κ2) is 4.95. The largest absolute Gasteiger partial charge is 0.477 e. The first-order valence-electron chi connectivity index (χ1n) is 4.25. The third-order valence-electron chi connectivity index (χ3n) is 1.59. The molecular formula is C8H7F3N2O4.